The average Bonchev–Trinajstić information content (AvgIpc) is 3.28. The van der Waals surface area contributed by atoms with Crippen molar-refractivity contribution >= 4 is 16.8 Å². The second-order valence-electron chi connectivity index (χ2n) is 6.66. The van der Waals surface area contributed by atoms with Gasteiger partial charge in [0, 0.05) is 17.6 Å². The highest BCUT2D eigenvalue weighted by Gasteiger charge is 2.21. The van der Waals surface area contributed by atoms with Crippen molar-refractivity contribution < 1.29 is 9.32 Å². The maximum atomic E-state index is 12.2. The van der Waals surface area contributed by atoms with E-state index < -0.39 is 0 Å². The number of para-hydroxylation sites is 1. The van der Waals surface area contributed by atoms with Gasteiger partial charge in [-0.25, -0.2) is 0 Å². The van der Waals surface area contributed by atoms with Crippen molar-refractivity contribution in [1.82, 2.24) is 20.0 Å². The zero-order valence-electron chi connectivity index (χ0n) is 14.1. The SMILES string of the molecule is O=C(Cn1ccc2ccccc21)NCc1nc(C2CCCCC2)no1. The topological polar surface area (TPSA) is 73.0 Å². The summed E-state index contributed by atoms with van der Waals surface area (Å²) in [6.07, 6.45) is 7.95. The molecule has 1 fully saturated rings. The van der Waals surface area contributed by atoms with Gasteiger partial charge in [-0.3, -0.25) is 4.79 Å². The molecule has 0 spiro atoms. The molecule has 1 N–H and O–H groups in total. The molecule has 2 aromatic heterocycles. The van der Waals surface area contributed by atoms with Crippen LogP contribution in [0.4, 0.5) is 0 Å². The van der Waals surface area contributed by atoms with Gasteiger partial charge in [-0.2, -0.15) is 4.98 Å². The number of nitrogens with zero attached hydrogens (tertiary/aromatic N) is 3. The van der Waals surface area contributed by atoms with Gasteiger partial charge in [0.15, 0.2) is 5.82 Å². The Kier molecular flexibility index (Phi) is 4.50. The maximum absolute atomic E-state index is 12.2. The lowest BCUT2D eigenvalue weighted by Gasteiger charge is -2.17. The van der Waals surface area contributed by atoms with Gasteiger partial charge < -0.3 is 14.4 Å². The first-order valence-electron chi connectivity index (χ1n) is 8.92. The summed E-state index contributed by atoms with van der Waals surface area (Å²) >= 11 is 0. The second-order valence-corrected chi connectivity index (χ2v) is 6.66. The minimum atomic E-state index is -0.0706. The third-order valence-corrected chi connectivity index (χ3v) is 4.89. The lowest BCUT2D eigenvalue weighted by atomic mass is 9.89. The maximum Gasteiger partial charge on any atom is 0.246 e. The molecule has 0 bridgehead atoms. The number of amides is 1. The van der Waals surface area contributed by atoms with Crippen molar-refractivity contribution in [3.05, 3.63) is 48.2 Å². The summed E-state index contributed by atoms with van der Waals surface area (Å²) in [6.45, 7) is 0.550. The molecular weight excluding hydrogens is 316 g/mol. The van der Waals surface area contributed by atoms with E-state index in [-0.39, 0.29) is 19.0 Å². The third kappa shape index (κ3) is 3.57. The average molecular weight is 338 g/mol. The highest BCUT2D eigenvalue weighted by Crippen LogP contribution is 2.30. The first-order valence-corrected chi connectivity index (χ1v) is 8.92. The van der Waals surface area contributed by atoms with Gasteiger partial charge in [-0.1, -0.05) is 42.6 Å². The van der Waals surface area contributed by atoms with Crippen molar-refractivity contribution in [2.75, 3.05) is 0 Å². The zero-order chi connectivity index (χ0) is 17.1. The van der Waals surface area contributed by atoms with Gasteiger partial charge in [0.2, 0.25) is 11.8 Å². The second kappa shape index (κ2) is 7.09. The molecule has 1 aliphatic rings. The third-order valence-electron chi connectivity index (χ3n) is 4.89. The van der Waals surface area contributed by atoms with Gasteiger partial charge in [0.05, 0.1) is 6.54 Å². The minimum Gasteiger partial charge on any atom is -0.345 e. The van der Waals surface area contributed by atoms with Crippen LogP contribution in [-0.2, 0) is 17.9 Å². The van der Waals surface area contributed by atoms with E-state index >= 15 is 0 Å². The molecule has 1 saturated carbocycles. The van der Waals surface area contributed by atoms with Crippen LogP contribution in [-0.4, -0.2) is 20.6 Å². The van der Waals surface area contributed by atoms with Crippen LogP contribution >= 0.6 is 0 Å². The minimum absolute atomic E-state index is 0.0706. The lowest BCUT2D eigenvalue weighted by Crippen LogP contribution is -2.27. The number of carbonyl (C=O) groups is 1. The smallest absolute Gasteiger partial charge is 0.246 e. The van der Waals surface area contributed by atoms with Gasteiger partial charge in [0.1, 0.15) is 6.54 Å². The molecule has 1 amide bonds. The van der Waals surface area contributed by atoms with Crippen molar-refractivity contribution in [1.29, 1.82) is 0 Å². The summed E-state index contributed by atoms with van der Waals surface area (Å²) in [5, 5.41) is 8.08. The standard InChI is InChI=1S/C19H22N4O2/c24-17(13-23-11-10-14-6-4-5-9-16(14)23)20-12-18-21-19(22-25-18)15-7-2-1-3-8-15/h4-6,9-11,15H,1-3,7-8,12-13H2,(H,20,24). The van der Waals surface area contributed by atoms with Crippen LogP contribution < -0.4 is 5.32 Å². The Morgan fingerprint density at radius 3 is 2.92 bits per heavy atom. The van der Waals surface area contributed by atoms with E-state index in [4.69, 9.17) is 4.52 Å². The Morgan fingerprint density at radius 1 is 1.20 bits per heavy atom. The fourth-order valence-electron chi connectivity index (χ4n) is 3.53. The molecule has 0 unspecified atom stereocenters. The molecule has 4 rings (SSSR count). The van der Waals surface area contributed by atoms with E-state index in [9.17, 15) is 4.79 Å². The van der Waals surface area contributed by atoms with Gasteiger partial charge in [-0.15, -0.1) is 0 Å². The summed E-state index contributed by atoms with van der Waals surface area (Å²) < 4.78 is 7.23. The number of hydrogen-bond acceptors (Lipinski definition) is 4. The van der Waals surface area contributed by atoms with E-state index in [0.29, 0.717) is 11.8 Å². The number of hydrogen-bond donors (Lipinski definition) is 1. The van der Waals surface area contributed by atoms with E-state index in [0.717, 1.165) is 29.6 Å². The summed E-state index contributed by atoms with van der Waals surface area (Å²) in [5.41, 5.74) is 1.05. The molecule has 0 aliphatic heterocycles. The Labute approximate surface area is 146 Å². The zero-order valence-corrected chi connectivity index (χ0v) is 14.1. The fraction of sp³-hybridized carbons (Fsp3) is 0.421. The van der Waals surface area contributed by atoms with Crippen molar-refractivity contribution in [2.24, 2.45) is 0 Å². The number of nitrogens with one attached hydrogen (secondary N) is 1. The summed E-state index contributed by atoms with van der Waals surface area (Å²) in [6, 6.07) is 10.0. The number of rotatable bonds is 5. The van der Waals surface area contributed by atoms with Crippen LogP contribution in [0.5, 0.6) is 0 Å². The Morgan fingerprint density at radius 2 is 2.04 bits per heavy atom. The van der Waals surface area contributed by atoms with Crippen LogP contribution in [0.2, 0.25) is 0 Å². The molecule has 25 heavy (non-hydrogen) atoms. The van der Waals surface area contributed by atoms with Crippen molar-refractivity contribution in [2.45, 2.75) is 51.1 Å². The summed E-state index contributed by atoms with van der Waals surface area (Å²) in [7, 11) is 0. The Bertz CT molecular complexity index is 861. The largest absolute Gasteiger partial charge is 0.345 e. The van der Waals surface area contributed by atoms with Crippen molar-refractivity contribution in [3.8, 4) is 0 Å². The van der Waals surface area contributed by atoms with E-state index in [2.05, 4.69) is 15.5 Å². The van der Waals surface area contributed by atoms with Crippen LogP contribution in [0, 0.1) is 0 Å². The van der Waals surface area contributed by atoms with E-state index in [1.807, 2.05) is 41.1 Å². The van der Waals surface area contributed by atoms with E-state index in [1.165, 1.54) is 19.3 Å². The van der Waals surface area contributed by atoms with Crippen LogP contribution in [0.1, 0.15) is 49.7 Å². The fourth-order valence-corrected chi connectivity index (χ4v) is 3.53. The predicted molar refractivity (Wildman–Crippen MR) is 93.9 cm³/mol. The predicted octanol–water partition coefficient (Wildman–Crippen LogP) is 3.39. The normalized spacial score (nSPS) is 15.5. The molecular formula is C19H22N4O2. The van der Waals surface area contributed by atoms with E-state index in [1.54, 1.807) is 0 Å². The molecule has 3 aromatic rings. The highest BCUT2D eigenvalue weighted by molar-refractivity contribution is 5.83. The molecule has 2 heterocycles. The van der Waals surface area contributed by atoms with Gasteiger partial charge in [0.25, 0.3) is 0 Å². The molecule has 130 valence electrons. The molecule has 0 radical (unpaired) electrons. The molecule has 0 saturated heterocycles. The van der Waals surface area contributed by atoms with Gasteiger partial charge >= 0.3 is 0 Å². The van der Waals surface area contributed by atoms with Crippen LogP contribution in [0.15, 0.2) is 41.1 Å². The number of fused-ring (bicyclic) bond motifs is 1. The monoisotopic (exact) mass is 338 g/mol. The van der Waals surface area contributed by atoms with Crippen LogP contribution in [0.25, 0.3) is 10.9 Å². The lowest BCUT2D eigenvalue weighted by molar-refractivity contribution is -0.121. The van der Waals surface area contributed by atoms with Gasteiger partial charge in [-0.05, 0) is 30.4 Å². The molecule has 1 aliphatic carbocycles. The van der Waals surface area contributed by atoms with Crippen molar-refractivity contribution in [3.63, 3.8) is 0 Å². The number of benzene rings is 1. The Balaban J connectivity index is 1.33. The Hall–Kier alpha value is -2.63. The summed E-state index contributed by atoms with van der Waals surface area (Å²) in [4.78, 5) is 16.7. The van der Waals surface area contributed by atoms with Crippen LogP contribution in [0.3, 0.4) is 0 Å². The highest BCUT2D eigenvalue weighted by atomic mass is 16.5. The molecule has 6 heteroatoms. The first kappa shape index (κ1) is 15.9. The number of carbonyl (C=O) groups excluding carboxylic acids is 1. The quantitative estimate of drug-likeness (QED) is 0.774. The molecule has 1 aromatic carbocycles. The number of aromatic nitrogens is 3. The first-order chi connectivity index (χ1) is 12.3. The molecule has 6 nitrogen and oxygen atoms in total. The molecule has 0 atom stereocenters. The summed E-state index contributed by atoms with van der Waals surface area (Å²) in [5.74, 6) is 1.61.